The average Bonchev–Trinajstić information content (AvgIpc) is 3.41. The minimum atomic E-state index is -2.36. The van der Waals surface area contributed by atoms with Crippen LogP contribution in [-0.2, 0) is 36.6 Å². The number of carbonyl (C=O) groups is 2. The molecule has 2 aromatic carbocycles. The van der Waals surface area contributed by atoms with Crippen molar-refractivity contribution >= 4 is 18.0 Å². The molecule has 7 bridgehead atoms. The number of aryl methyl sites for hydroxylation is 1. The number of aromatic hydroxyl groups is 1. The predicted molar refractivity (Wildman–Crippen MR) is 276 cm³/mol. The Morgan fingerprint density at radius 1 is 0.946 bits per heavy atom. The van der Waals surface area contributed by atoms with Gasteiger partial charge in [-0.25, -0.2) is 4.79 Å². The van der Waals surface area contributed by atoms with Gasteiger partial charge in [-0.05, 0) is 176 Å². The summed E-state index contributed by atoms with van der Waals surface area (Å²) in [5, 5.41) is 81.7. The quantitative estimate of drug-likeness (QED) is 0.0526. The maximum atomic E-state index is 15.1. The first-order chi connectivity index (χ1) is 35.6. The van der Waals surface area contributed by atoms with Gasteiger partial charge in [0.05, 0.1) is 25.4 Å². The number of fused-ring (bicyclic) bond motifs is 3. The second-order valence-corrected chi connectivity index (χ2v) is 24.0. The number of phenolic OH excluding ortho intramolecular Hbond substituents is 1. The Labute approximate surface area is 436 Å². The molecule has 20 unspecified atom stereocenters. The topological polar surface area (TPSA) is 225 Å². The molecule has 20 atom stereocenters. The number of ether oxygens (including phenoxy) is 4. The van der Waals surface area contributed by atoms with Gasteiger partial charge in [-0.1, -0.05) is 75.6 Å². The highest BCUT2D eigenvalue weighted by Gasteiger charge is 2.65. The van der Waals surface area contributed by atoms with E-state index in [-0.39, 0.29) is 84.7 Å². The van der Waals surface area contributed by atoms with Gasteiger partial charge in [0.15, 0.2) is 23.7 Å². The number of rotatable bonds is 16. The van der Waals surface area contributed by atoms with Crippen molar-refractivity contribution < 1.29 is 64.3 Å². The summed E-state index contributed by atoms with van der Waals surface area (Å²) in [5.74, 6) is -1.04. The number of esters is 2. The first-order valence-electron chi connectivity index (χ1n) is 27.9. The third kappa shape index (κ3) is 9.82. The Balaban J connectivity index is 0.959. The Morgan fingerprint density at radius 3 is 2.54 bits per heavy atom. The van der Waals surface area contributed by atoms with Crippen LogP contribution in [0.25, 0.3) is 6.08 Å². The molecule has 0 amide bonds. The van der Waals surface area contributed by atoms with Gasteiger partial charge in [-0.2, -0.15) is 0 Å². The summed E-state index contributed by atoms with van der Waals surface area (Å²) in [5.41, 5.74) is 3.30. The van der Waals surface area contributed by atoms with Crippen LogP contribution in [-0.4, -0.2) is 123 Å². The normalized spacial score (nSPS) is 40.2. The molecule has 5 fully saturated rings. The smallest absolute Gasteiger partial charge is 0.334 e. The molecule has 11 rings (SSSR count). The van der Waals surface area contributed by atoms with Gasteiger partial charge in [-0.15, -0.1) is 0 Å². The summed E-state index contributed by atoms with van der Waals surface area (Å²) in [4.78, 5) is 29.8. The van der Waals surface area contributed by atoms with Crippen LogP contribution in [0.3, 0.4) is 0 Å². The molecule has 7 aliphatic carbocycles. The minimum absolute atomic E-state index is 0.00280. The van der Waals surface area contributed by atoms with Crippen LogP contribution >= 0.6 is 0 Å². The monoisotopic (exact) mass is 1020 g/mol. The molecule has 9 aliphatic rings. The fourth-order valence-corrected chi connectivity index (χ4v) is 16.5. The number of nitrogens with one attached hydrogen (secondary N) is 1. The molecule has 8 N–H and O–H groups in total. The standard InChI is InChI=1S/C60H81NO13/c1-32-6-5-7-38-29-47-42-14-15-46-53(67)43(52(32)38)18-21-59(46,47)41(24-33(42)2)13-17-51(66)72-56-54(68)55-48(61-30-34(3)64)19-22-60(70,74-55)57(56)73-58(69)40(25-36-9-16-49(65)50(27-36)71-4)28-45-39(31-63)12-11-37-10-8-35(20-23-62)26-44(37)45/h8-10,16,18-19,21-22,25-27,32-34,38-39,41-43,45-48,52-57,61-65,67-68,70H,5-7,11-15,17,20,23-24,28-31H2,1-4H3. The second-order valence-electron chi connectivity index (χ2n) is 24.0. The molecule has 74 heavy (non-hydrogen) atoms. The maximum Gasteiger partial charge on any atom is 0.334 e. The van der Waals surface area contributed by atoms with E-state index in [1.54, 1.807) is 31.2 Å². The molecule has 1 spiro atoms. The van der Waals surface area contributed by atoms with Gasteiger partial charge in [0.25, 0.3) is 0 Å². The molecular weight excluding hydrogens is 943 g/mol. The molecule has 14 nitrogen and oxygen atoms in total. The maximum absolute atomic E-state index is 15.1. The summed E-state index contributed by atoms with van der Waals surface area (Å²) < 4.78 is 24.3. The van der Waals surface area contributed by atoms with E-state index in [2.05, 4.69) is 31.3 Å². The number of hydrogen-bond acceptors (Lipinski definition) is 14. The third-order valence-electron chi connectivity index (χ3n) is 19.9. The van der Waals surface area contributed by atoms with Crippen molar-refractivity contribution in [2.75, 3.05) is 26.9 Å². The molecule has 1 saturated heterocycles. The van der Waals surface area contributed by atoms with Gasteiger partial charge in [0, 0.05) is 37.7 Å². The molecule has 0 radical (unpaired) electrons. The van der Waals surface area contributed by atoms with Crippen molar-refractivity contribution in [3.63, 3.8) is 0 Å². The SMILES string of the molecule is COc1cc(C=C(CC2c3cc(CCO)ccc3CCC2CO)C(=O)OC2C(OC(=O)CCC3CC(C)C4CCC5C(O)C6C=CC35C4CC3CCCC(C)C36)C(O)C3OC2(O)C=CC3NCC(C)O)ccc1O. The van der Waals surface area contributed by atoms with Crippen LogP contribution in [0.1, 0.15) is 120 Å². The zero-order valence-electron chi connectivity index (χ0n) is 43.6. The van der Waals surface area contributed by atoms with Gasteiger partial charge in [-0.3, -0.25) is 4.79 Å². The zero-order chi connectivity index (χ0) is 52.2. The van der Waals surface area contributed by atoms with E-state index in [0.29, 0.717) is 60.3 Å². The Morgan fingerprint density at radius 2 is 1.77 bits per heavy atom. The molecule has 14 heteroatoms. The van der Waals surface area contributed by atoms with Gasteiger partial charge >= 0.3 is 11.9 Å². The van der Waals surface area contributed by atoms with Crippen LogP contribution in [0.2, 0.25) is 0 Å². The number of phenols is 1. The van der Waals surface area contributed by atoms with Crippen molar-refractivity contribution in [1.82, 2.24) is 5.32 Å². The highest BCUT2D eigenvalue weighted by atomic mass is 16.7. The summed E-state index contributed by atoms with van der Waals surface area (Å²) in [7, 11) is 1.42. The van der Waals surface area contributed by atoms with Crippen molar-refractivity contribution in [2.24, 2.45) is 64.6 Å². The lowest BCUT2D eigenvalue weighted by Crippen LogP contribution is -2.71. The van der Waals surface area contributed by atoms with E-state index < -0.39 is 60.4 Å². The number of carbonyl (C=O) groups excluding carboxylic acids is 2. The van der Waals surface area contributed by atoms with Crippen LogP contribution in [0.4, 0.5) is 0 Å². The summed E-state index contributed by atoms with van der Waals surface area (Å²) in [6.07, 6.45) is 12.3. The van der Waals surface area contributed by atoms with Gasteiger partial charge in [0.1, 0.15) is 12.2 Å². The lowest BCUT2D eigenvalue weighted by atomic mass is 9.38. The molecule has 0 aromatic heterocycles. The number of hydrogen-bond donors (Lipinski definition) is 8. The van der Waals surface area contributed by atoms with Gasteiger partial charge < -0.3 is 60.0 Å². The summed E-state index contributed by atoms with van der Waals surface area (Å²) in [6.45, 7) is 6.30. The lowest BCUT2D eigenvalue weighted by Gasteiger charge is -2.67. The van der Waals surface area contributed by atoms with Crippen LogP contribution in [0, 0.1) is 64.6 Å². The number of allylic oxidation sites excluding steroid dienone is 1. The van der Waals surface area contributed by atoms with E-state index in [4.69, 9.17) is 18.9 Å². The van der Waals surface area contributed by atoms with Crippen molar-refractivity contribution in [3.05, 3.63) is 88.5 Å². The molecule has 404 valence electrons. The molecule has 2 aromatic rings. The first kappa shape index (κ1) is 53.3. The Bertz CT molecular complexity index is 2450. The summed E-state index contributed by atoms with van der Waals surface area (Å²) >= 11 is 0. The fraction of sp³-hybridized carbons (Fsp3) is 0.667. The van der Waals surface area contributed by atoms with E-state index in [1.807, 2.05) is 18.2 Å². The van der Waals surface area contributed by atoms with Crippen LogP contribution < -0.4 is 10.1 Å². The lowest BCUT2D eigenvalue weighted by molar-refractivity contribution is -0.333. The second kappa shape index (κ2) is 21.7. The van der Waals surface area contributed by atoms with E-state index in [1.165, 1.54) is 38.5 Å². The molecule has 4 saturated carbocycles. The van der Waals surface area contributed by atoms with Crippen molar-refractivity contribution in [1.29, 1.82) is 0 Å². The first-order valence-corrected chi connectivity index (χ1v) is 27.9. The average molecular weight is 1020 g/mol. The number of methoxy groups -OCH3 is 1. The largest absolute Gasteiger partial charge is 0.504 e. The molecular formula is C60H81NO13. The van der Waals surface area contributed by atoms with Gasteiger partial charge in [0.2, 0.25) is 5.79 Å². The van der Waals surface area contributed by atoms with Crippen LogP contribution in [0.5, 0.6) is 11.5 Å². The number of benzene rings is 2. The minimum Gasteiger partial charge on any atom is -0.504 e. The molecule has 2 heterocycles. The number of aliphatic hydroxyl groups excluding tert-OH is 5. The van der Waals surface area contributed by atoms with Crippen molar-refractivity contribution in [2.45, 2.75) is 159 Å². The fourth-order valence-electron chi connectivity index (χ4n) is 16.5. The number of aliphatic hydroxyl groups is 6. The highest BCUT2D eigenvalue weighted by Crippen LogP contribution is 2.69. The van der Waals surface area contributed by atoms with E-state index in [9.17, 15) is 40.5 Å². The van der Waals surface area contributed by atoms with E-state index in [0.717, 1.165) is 48.8 Å². The summed E-state index contributed by atoms with van der Waals surface area (Å²) in [6, 6.07) is 9.96. The Kier molecular flexibility index (Phi) is 15.6. The van der Waals surface area contributed by atoms with Crippen LogP contribution in [0.15, 0.2) is 66.3 Å². The predicted octanol–water partition coefficient (Wildman–Crippen LogP) is 6.30. The molecule has 2 aliphatic heterocycles. The Hall–Kier alpha value is -4.12. The third-order valence-corrected chi connectivity index (χ3v) is 19.9. The van der Waals surface area contributed by atoms with E-state index >= 15 is 4.79 Å². The van der Waals surface area contributed by atoms with Crippen molar-refractivity contribution in [3.8, 4) is 11.5 Å². The highest BCUT2D eigenvalue weighted by molar-refractivity contribution is 5.94. The zero-order valence-corrected chi connectivity index (χ0v) is 43.6.